The molecule has 7 heteroatoms. The van der Waals surface area contributed by atoms with E-state index < -0.39 is 5.97 Å². The van der Waals surface area contributed by atoms with Gasteiger partial charge in [-0.15, -0.1) is 0 Å². The quantitative estimate of drug-likeness (QED) is 0.464. The summed E-state index contributed by atoms with van der Waals surface area (Å²) < 4.78 is 0. The molecule has 2 N–H and O–H groups in total. The number of carboxylic acids is 1. The van der Waals surface area contributed by atoms with Crippen LogP contribution in [0.5, 0.6) is 0 Å². The second-order valence-corrected chi connectivity index (χ2v) is 10.2. The number of benzene rings is 3. The Morgan fingerprint density at radius 3 is 2.11 bits per heavy atom. The van der Waals surface area contributed by atoms with Crippen LogP contribution in [0.2, 0.25) is 5.02 Å². The van der Waals surface area contributed by atoms with E-state index in [1.165, 1.54) is 0 Å². The number of carbonyl (C=O) groups is 2. The van der Waals surface area contributed by atoms with Crippen molar-refractivity contribution in [2.75, 3.05) is 41.3 Å². The molecule has 1 saturated heterocycles. The lowest BCUT2D eigenvalue weighted by Gasteiger charge is -2.37. The number of rotatable bonds is 5. The summed E-state index contributed by atoms with van der Waals surface area (Å²) in [5.74, 6) is -1.10. The van der Waals surface area contributed by atoms with Gasteiger partial charge in [-0.05, 0) is 65.6 Å². The zero-order valence-electron chi connectivity index (χ0n) is 20.2. The summed E-state index contributed by atoms with van der Waals surface area (Å²) in [6, 6.07) is 20.2. The monoisotopic (exact) mass is 491 g/mol. The van der Waals surface area contributed by atoms with E-state index in [1.807, 2.05) is 36.4 Å². The van der Waals surface area contributed by atoms with Gasteiger partial charge in [0.2, 0.25) is 0 Å². The van der Waals surface area contributed by atoms with Crippen molar-refractivity contribution in [2.24, 2.45) is 0 Å². The maximum Gasteiger partial charge on any atom is 0.335 e. The van der Waals surface area contributed by atoms with Crippen LogP contribution in [0.15, 0.2) is 66.7 Å². The van der Waals surface area contributed by atoms with Crippen LogP contribution in [0.3, 0.4) is 0 Å². The van der Waals surface area contributed by atoms with Crippen LogP contribution in [0.4, 0.5) is 17.1 Å². The molecule has 0 saturated carbocycles. The maximum atomic E-state index is 13.0. The van der Waals surface area contributed by atoms with Crippen molar-refractivity contribution in [1.29, 1.82) is 0 Å². The van der Waals surface area contributed by atoms with E-state index in [-0.39, 0.29) is 16.9 Å². The first-order valence-electron chi connectivity index (χ1n) is 11.7. The molecule has 1 aliphatic heterocycles. The summed E-state index contributed by atoms with van der Waals surface area (Å²) in [6.45, 7) is 9.43. The van der Waals surface area contributed by atoms with Gasteiger partial charge >= 0.3 is 5.97 Å². The molecule has 1 amide bonds. The standard InChI is InChI=1S/C28H30ClN3O3/c1-28(2,3)21-5-4-6-22(18-21)30-26(33)20-9-12-24(29)25(17-20)32-15-13-31(14-16-32)23-10-7-19(8-11-23)27(34)35/h4-12,17-18H,13-16H2,1-3H3,(H,30,33)(H,34,35). The molecule has 0 aliphatic carbocycles. The number of anilines is 3. The van der Waals surface area contributed by atoms with Crippen LogP contribution < -0.4 is 15.1 Å². The lowest BCUT2D eigenvalue weighted by Crippen LogP contribution is -2.46. The predicted molar refractivity (Wildman–Crippen MR) is 142 cm³/mol. The van der Waals surface area contributed by atoms with Gasteiger partial charge in [0.15, 0.2) is 0 Å². The van der Waals surface area contributed by atoms with Gasteiger partial charge in [0, 0.05) is 43.1 Å². The number of carboxylic acid groups (broad SMARTS) is 1. The third-order valence-electron chi connectivity index (χ3n) is 6.29. The highest BCUT2D eigenvalue weighted by Gasteiger charge is 2.21. The zero-order chi connectivity index (χ0) is 25.2. The van der Waals surface area contributed by atoms with Gasteiger partial charge in [-0.1, -0.05) is 44.5 Å². The van der Waals surface area contributed by atoms with Crippen molar-refractivity contribution in [1.82, 2.24) is 0 Å². The topological polar surface area (TPSA) is 72.9 Å². The van der Waals surface area contributed by atoms with Gasteiger partial charge in [0.05, 0.1) is 16.3 Å². The number of carbonyl (C=O) groups excluding carboxylic acids is 1. The Kier molecular flexibility index (Phi) is 7.03. The summed E-state index contributed by atoms with van der Waals surface area (Å²) in [5, 5.41) is 12.7. The Balaban J connectivity index is 1.44. The fourth-order valence-corrected chi connectivity index (χ4v) is 4.42. The molecule has 3 aromatic rings. The molecule has 0 unspecified atom stereocenters. The number of aromatic carboxylic acids is 1. The van der Waals surface area contributed by atoms with E-state index in [4.69, 9.17) is 16.7 Å². The van der Waals surface area contributed by atoms with E-state index in [0.29, 0.717) is 10.6 Å². The Morgan fingerprint density at radius 1 is 0.857 bits per heavy atom. The lowest BCUT2D eigenvalue weighted by atomic mass is 9.87. The third kappa shape index (κ3) is 5.77. The van der Waals surface area contributed by atoms with Crippen LogP contribution in [-0.4, -0.2) is 43.2 Å². The highest BCUT2D eigenvalue weighted by atomic mass is 35.5. The van der Waals surface area contributed by atoms with Gasteiger partial charge in [0.25, 0.3) is 5.91 Å². The van der Waals surface area contributed by atoms with E-state index in [1.54, 1.807) is 24.3 Å². The molecular formula is C28H30ClN3O3. The minimum Gasteiger partial charge on any atom is -0.478 e. The summed E-state index contributed by atoms with van der Waals surface area (Å²) in [5.41, 5.74) is 4.57. The normalized spacial score (nSPS) is 14.1. The van der Waals surface area contributed by atoms with Crippen molar-refractivity contribution in [3.63, 3.8) is 0 Å². The van der Waals surface area contributed by atoms with Crippen molar-refractivity contribution < 1.29 is 14.7 Å². The number of halogens is 1. The van der Waals surface area contributed by atoms with Crippen molar-refractivity contribution in [3.05, 3.63) is 88.4 Å². The fourth-order valence-electron chi connectivity index (χ4n) is 4.18. The van der Waals surface area contributed by atoms with Crippen molar-refractivity contribution >= 4 is 40.5 Å². The van der Waals surface area contributed by atoms with E-state index in [9.17, 15) is 9.59 Å². The van der Waals surface area contributed by atoms with Crippen LogP contribution in [0.1, 0.15) is 47.1 Å². The number of nitrogens with one attached hydrogen (secondary N) is 1. The zero-order valence-corrected chi connectivity index (χ0v) is 21.0. The molecule has 35 heavy (non-hydrogen) atoms. The van der Waals surface area contributed by atoms with Gasteiger partial charge in [0.1, 0.15) is 0 Å². The van der Waals surface area contributed by atoms with Crippen LogP contribution in [-0.2, 0) is 5.41 Å². The number of amides is 1. The number of piperazine rings is 1. The Labute approximate surface area is 211 Å². The first kappa shape index (κ1) is 24.6. The molecule has 3 aromatic carbocycles. The number of hydrogen-bond donors (Lipinski definition) is 2. The van der Waals surface area contributed by atoms with Crippen molar-refractivity contribution in [2.45, 2.75) is 26.2 Å². The summed E-state index contributed by atoms with van der Waals surface area (Å²) in [4.78, 5) is 28.5. The first-order valence-corrected chi connectivity index (χ1v) is 12.0. The van der Waals surface area contributed by atoms with E-state index in [2.05, 4.69) is 42.0 Å². The fraction of sp³-hybridized carbons (Fsp3) is 0.286. The van der Waals surface area contributed by atoms with E-state index >= 15 is 0 Å². The van der Waals surface area contributed by atoms with Crippen LogP contribution in [0, 0.1) is 0 Å². The van der Waals surface area contributed by atoms with Gasteiger partial charge in [-0.2, -0.15) is 0 Å². The smallest absolute Gasteiger partial charge is 0.335 e. The highest BCUT2D eigenvalue weighted by Crippen LogP contribution is 2.30. The molecule has 0 spiro atoms. The lowest BCUT2D eigenvalue weighted by molar-refractivity contribution is 0.0696. The van der Waals surface area contributed by atoms with Crippen LogP contribution >= 0.6 is 11.6 Å². The summed E-state index contributed by atoms with van der Waals surface area (Å²) in [6.07, 6.45) is 0. The van der Waals surface area contributed by atoms with Crippen LogP contribution in [0.25, 0.3) is 0 Å². The largest absolute Gasteiger partial charge is 0.478 e. The maximum absolute atomic E-state index is 13.0. The molecule has 0 bridgehead atoms. The van der Waals surface area contributed by atoms with Gasteiger partial charge in [-0.3, -0.25) is 4.79 Å². The minimum atomic E-state index is -0.929. The molecule has 1 aliphatic rings. The summed E-state index contributed by atoms with van der Waals surface area (Å²) in [7, 11) is 0. The van der Waals surface area contributed by atoms with Gasteiger partial charge < -0.3 is 20.2 Å². The molecule has 182 valence electrons. The molecule has 1 fully saturated rings. The van der Waals surface area contributed by atoms with E-state index in [0.717, 1.165) is 48.8 Å². The summed E-state index contributed by atoms with van der Waals surface area (Å²) >= 11 is 6.52. The SMILES string of the molecule is CC(C)(C)c1cccc(NC(=O)c2ccc(Cl)c(N3CCN(c4ccc(C(=O)O)cc4)CC3)c2)c1. The Morgan fingerprint density at radius 2 is 1.49 bits per heavy atom. The van der Waals surface area contributed by atoms with Gasteiger partial charge in [-0.25, -0.2) is 4.79 Å². The molecule has 1 heterocycles. The molecule has 6 nitrogen and oxygen atoms in total. The molecule has 0 aromatic heterocycles. The predicted octanol–water partition coefficient (Wildman–Crippen LogP) is 5.91. The Hall–Kier alpha value is -3.51. The third-order valence-corrected chi connectivity index (χ3v) is 6.61. The first-order chi connectivity index (χ1) is 16.6. The average molecular weight is 492 g/mol. The highest BCUT2D eigenvalue weighted by molar-refractivity contribution is 6.33. The molecule has 0 radical (unpaired) electrons. The second kappa shape index (κ2) is 10.0. The average Bonchev–Trinajstić information content (AvgIpc) is 2.84. The molecule has 4 rings (SSSR count). The molecular weight excluding hydrogens is 462 g/mol. The van der Waals surface area contributed by atoms with Crippen molar-refractivity contribution in [3.8, 4) is 0 Å². The molecule has 0 atom stereocenters. The minimum absolute atomic E-state index is 0.00534. The Bertz CT molecular complexity index is 1230. The number of hydrogen-bond acceptors (Lipinski definition) is 4. The second-order valence-electron chi connectivity index (χ2n) is 9.78. The number of nitrogens with zero attached hydrogens (tertiary/aromatic N) is 2.